The summed E-state index contributed by atoms with van der Waals surface area (Å²) in [5.74, 6) is 0.907. The molecule has 32 heavy (non-hydrogen) atoms. The van der Waals surface area contributed by atoms with Crippen LogP contribution in [0.2, 0.25) is 0 Å². The van der Waals surface area contributed by atoms with Gasteiger partial charge >= 0.3 is 0 Å². The van der Waals surface area contributed by atoms with Crippen molar-refractivity contribution in [3.8, 4) is 22.6 Å². The molecular weight excluding hydrogens is 404 g/mol. The average Bonchev–Trinajstić information content (AvgIpc) is 3.20. The van der Waals surface area contributed by atoms with Crippen LogP contribution in [0.3, 0.4) is 0 Å². The van der Waals surface area contributed by atoms with Crippen LogP contribution in [0.5, 0.6) is 11.5 Å². The number of carbonyl (C=O) groups is 1. The third-order valence-corrected chi connectivity index (χ3v) is 6.10. The van der Waals surface area contributed by atoms with Gasteiger partial charge in [-0.15, -0.1) is 10.2 Å². The zero-order valence-electron chi connectivity index (χ0n) is 18.2. The van der Waals surface area contributed by atoms with E-state index in [-0.39, 0.29) is 29.8 Å². The lowest BCUT2D eigenvalue weighted by Crippen LogP contribution is -2.24. The Kier molecular flexibility index (Phi) is 4.89. The molecule has 0 aliphatic heterocycles. The smallest absolute Gasteiger partial charge is 0.185 e. The molecule has 0 saturated heterocycles. The highest BCUT2D eigenvalue weighted by Crippen LogP contribution is 2.38. The minimum absolute atomic E-state index is 0.0819. The molecule has 0 radical (unpaired) electrons. The van der Waals surface area contributed by atoms with Crippen LogP contribution in [0.15, 0.2) is 48.5 Å². The van der Waals surface area contributed by atoms with Gasteiger partial charge in [-0.2, -0.15) is 5.10 Å². The second-order valence-corrected chi connectivity index (χ2v) is 8.46. The summed E-state index contributed by atoms with van der Waals surface area (Å²) in [5, 5.41) is 24.0. The van der Waals surface area contributed by atoms with E-state index in [4.69, 9.17) is 9.84 Å². The second-order valence-electron chi connectivity index (χ2n) is 8.46. The Morgan fingerprint density at radius 1 is 1.06 bits per heavy atom. The molecule has 2 aromatic carbocycles. The molecule has 1 aliphatic rings. The Labute approximate surface area is 185 Å². The second kappa shape index (κ2) is 7.75. The van der Waals surface area contributed by atoms with E-state index in [1.54, 1.807) is 23.8 Å². The number of ether oxygens (including phenoxy) is 1. The maximum absolute atomic E-state index is 13.0. The van der Waals surface area contributed by atoms with Gasteiger partial charge in [0.25, 0.3) is 0 Å². The van der Waals surface area contributed by atoms with E-state index in [1.807, 2.05) is 36.4 Å². The molecule has 162 valence electrons. The quantitative estimate of drug-likeness (QED) is 0.513. The lowest BCUT2D eigenvalue weighted by molar-refractivity contribution is 0.0955. The van der Waals surface area contributed by atoms with Crippen LogP contribution in [0.1, 0.15) is 59.5 Å². The maximum atomic E-state index is 13.0. The maximum Gasteiger partial charge on any atom is 0.185 e. The number of nitrogens with zero attached hydrogens (tertiary/aromatic N) is 4. The SMILES string of the molecule is COc1ccc(-c2c(C(C)C)nn3c4c(nnc23)C(=O)C[C@@H](c2ccccc2O)C4)cc1. The van der Waals surface area contributed by atoms with Crippen molar-refractivity contribution < 1.29 is 14.6 Å². The Hall–Kier alpha value is -3.74. The molecule has 2 aromatic heterocycles. The fourth-order valence-corrected chi connectivity index (χ4v) is 4.48. The molecule has 1 atom stereocenters. The third-order valence-electron chi connectivity index (χ3n) is 6.10. The normalized spacial score (nSPS) is 15.9. The summed E-state index contributed by atoms with van der Waals surface area (Å²) in [5.41, 5.74) is 5.28. The summed E-state index contributed by atoms with van der Waals surface area (Å²) >= 11 is 0. The zero-order valence-corrected chi connectivity index (χ0v) is 18.2. The van der Waals surface area contributed by atoms with Gasteiger partial charge in [-0.25, -0.2) is 4.52 Å². The number of methoxy groups -OCH3 is 1. The number of rotatable bonds is 4. The van der Waals surface area contributed by atoms with Crippen LogP contribution < -0.4 is 4.74 Å². The highest BCUT2D eigenvalue weighted by molar-refractivity contribution is 5.97. The van der Waals surface area contributed by atoms with E-state index in [0.717, 1.165) is 33.8 Å². The molecule has 7 heteroatoms. The predicted octanol–water partition coefficient (Wildman–Crippen LogP) is 4.54. The first kappa shape index (κ1) is 20.2. The number of aromatic hydroxyl groups is 1. The fourth-order valence-electron chi connectivity index (χ4n) is 4.48. The Bertz CT molecular complexity index is 1330. The van der Waals surface area contributed by atoms with Gasteiger partial charge in [-0.3, -0.25) is 4.79 Å². The van der Waals surface area contributed by atoms with Crippen molar-refractivity contribution >= 4 is 11.4 Å². The minimum Gasteiger partial charge on any atom is -0.508 e. The molecule has 0 unspecified atom stereocenters. The number of fused-ring (bicyclic) bond motifs is 3. The molecule has 0 fully saturated rings. The van der Waals surface area contributed by atoms with Gasteiger partial charge in [0.15, 0.2) is 17.1 Å². The molecule has 1 aliphatic carbocycles. The average molecular weight is 428 g/mol. The monoisotopic (exact) mass is 428 g/mol. The number of phenolic OH excluding ortho intramolecular Hbond substituents is 1. The van der Waals surface area contributed by atoms with Crippen molar-refractivity contribution in [3.63, 3.8) is 0 Å². The number of hydrogen-bond acceptors (Lipinski definition) is 6. The van der Waals surface area contributed by atoms with Crippen molar-refractivity contribution in [3.05, 3.63) is 71.2 Å². The predicted molar refractivity (Wildman–Crippen MR) is 120 cm³/mol. The van der Waals surface area contributed by atoms with E-state index in [9.17, 15) is 9.90 Å². The lowest BCUT2D eigenvalue weighted by Gasteiger charge is -2.23. The summed E-state index contributed by atoms with van der Waals surface area (Å²) in [6.07, 6.45) is 0.834. The van der Waals surface area contributed by atoms with Crippen LogP contribution in [-0.2, 0) is 6.42 Å². The van der Waals surface area contributed by atoms with E-state index in [0.29, 0.717) is 17.8 Å². The molecule has 0 spiro atoms. The van der Waals surface area contributed by atoms with Crippen LogP contribution >= 0.6 is 0 Å². The lowest BCUT2D eigenvalue weighted by atomic mass is 9.83. The summed E-state index contributed by atoms with van der Waals surface area (Å²) < 4.78 is 7.07. The third kappa shape index (κ3) is 3.21. The largest absolute Gasteiger partial charge is 0.508 e. The number of hydrogen-bond donors (Lipinski definition) is 1. The molecular formula is C25H24N4O3. The first-order valence-electron chi connectivity index (χ1n) is 10.7. The summed E-state index contributed by atoms with van der Waals surface area (Å²) in [4.78, 5) is 13.0. The number of para-hydroxylation sites is 1. The van der Waals surface area contributed by atoms with Gasteiger partial charge in [0.05, 0.1) is 24.1 Å². The minimum atomic E-state index is -0.139. The number of aromatic nitrogens is 4. The summed E-state index contributed by atoms with van der Waals surface area (Å²) in [6, 6.07) is 15.0. The Morgan fingerprint density at radius 3 is 2.50 bits per heavy atom. The number of carbonyl (C=O) groups excluding carboxylic acids is 1. The van der Waals surface area contributed by atoms with Crippen molar-refractivity contribution in [1.82, 2.24) is 19.8 Å². The van der Waals surface area contributed by atoms with Gasteiger partial charge < -0.3 is 9.84 Å². The number of Topliss-reactive ketones (excluding diaryl/α,β-unsaturated/α-hetero) is 1. The molecule has 1 N–H and O–H groups in total. The van der Waals surface area contributed by atoms with Crippen molar-refractivity contribution in [2.24, 2.45) is 0 Å². The summed E-state index contributed by atoms with van der Waals surface area (Å²) in [7, 11) is 1.64. The number of benzene rings is 2. The van der Waals surface area contributed by atoms with E-state index in [2.05, 4.69) is 24.0 Å². The molecule has 0 saturated carbocycles. The van der Waals surface area contributed by atoms with Crippen molar-refractivity contribution in [1.29, 1.82) is 0 Å². The molecule has 4 aromatic rings. The molecule has 5 rings (SSSR count). The van der Waals surface area contributed by atoms with Crippen LogP contribution in [0, 0.1) is 0 Å². The standard InChI is InChI=1S/C25H24N4O3/c1-14(2)23-22(15-8-10-17(32-3)11-9-15)25-27-26-24-19(29(25)28-23)12-16(13-21(24)31)18-6-4-5-7-20(18)30/h4-11,14,16,30H,12-13H2,1-3H3/t16-/m0/s1. The topological polar surface area (TPSA) is 89.6 Å². The van der Waals surface area contributed by atoms with Gasteiger partial charge in [-0.05, 0) is 41.7 Å². The number of ketones is 1. The van der Waals surface area contributed by atoms with Gasteiger partial charge in [-0.1, -0.05) is 44.2 Å². The van der Waals surface area contributed by atoms with Crippen molar-refractivity contribution in [2.45, 2.75) is 38.5 Å². The Morgan fingerprint density at radius 2 is 1.81 bits per heavy atom. The van der Waals surface area contributed by atoms with Gasteiger partial charge in [0.1, 0.15) is 11.5 Å². The molecule has 2 heterocycles. The molecule has 0 amide bonds. The van der Waals surface area contributed by atoms with Crippen LogP contribution in [0.4, 0.5) is 0 Å². The van der Waals surface area contributed by atoms with Crippen molar-refractivity contribution in [2.75, 3.05) is 7.11 Å². The summed E-state index contributed by atoms with van der Waals surface area (Å²) in [6.45, 7) is 4.18. The Balaban J connectivity index is 1.69. The first-order chi connectivity index (χ1) is 15.5. The van der Waals surface area contributed by atoms with Crippen LogP contribution in [0.25, 0.3) is 16.8 Å². The number of phenols is 1. The van der Waals surface area contributed by atoms with E-state index in [1.165, 1.54) is 0 Å². The van der Waals surface area contributed by atoms with Crippen LogP contribution in [-0.4, -0.2) is 37.8 Å². The zero-order chi connectivity index (χ0) is 22.4. The highest BCUT2D eigenvalue weighted by atomic mass is 16.5. The molecule has 0 bridgehead atoms. The van der Waals surface area contributed by atoms with E-state index < -0.39 is 0 Å². The highest BCUT2D eigenvalue weighted by Gasteiger charge is 2.33. The molecule has 7 nitrogen and oxygen atoms in total. The van der Waals surface area contributed by atoms with E-state index >= 15 is 0 Å². The fraction of sp³-hybridized carbons (Fsp3) is 0.280. The van der Waals surface area contributed by atoms with Gasteiger partial charge in [0.2, 0.25) is 0 Å². The first-order valence-corrected chi connectivity index (χ1v) is 10.7. The van der Waals surface area contributed by atoms with Gasteiger partial charge in [0, 0.05) is 12.3 Å².